The maximum Gasteiger partial charge on any atom is 0.223 e. The summed E-state index contributed by atoms with van der Waals surface area (Å²) in [6.07, 6.45) is 1.77. The van der Waals surface area contributed by atoms with Crippen LogP contribution in [0, 0.1) is 0 Å². The lowest BCUT2D eigenvalue weighted by molar-refractivity contribution is -0.130. The molecule has 100 valence electrons. The van der Waals surface area contributed by atoms with Crippen LogP contribution in [0.1, 0.15) is 33.6 Å². The van der Waals surface area contributed by atoms with Crippen LogP contribution >= 0.6 is 0 Å². The first-order chi connectivity index (χ1) is 8.22. The Balaban J connectivity index is 2.31. The van der Waals surface area contributed by atoms with Crippen LogP contribution in [0.4, 0.5) is 0 Å². The minimum Gasteiger partial charge on any atom is -0.341 e. The van der Waals surface area contributed by atoms with Crippen molar-refractivity contribution in [1.82, 2.24) is 15.1 Å². The van der Waals surface area contributed by atoms with Gasteiger partial charge in [-0.25, -0.2) is 0 Å². The van der Waals surface area contributed by atoms with Crippen molar-refractivity contribution in [2.24, 2.45) is 0 Å². The highest BCUT2D eigenvalue weighted by Gasteiger charge is 2.28. The smallest absolute Gasteiger partial charge is 0.223 e. The zero-order valence-corrected chi connectivity index (χ0v) is 11.5. The molecule has 1 amide bonds. The second-order valence-corrected chi connectivity index (χ2v) is 4.61. The van der Waals surface area contributed by atoms with Crippen molar-refractivity contribution >= 4 is 5.91 Å². The Hall–Kier alpha value is -0.610. The van der Waals surface area contributed by atoms with Crippen LogP contribution in [0.3, 0.4) is 0 Å². The molecule has 1 heterocycles. The normalized spacial score (nSPS) is 20.2. The molecule has 4 heteroatoms. The van der Waals surface area contributed by atoms with Crippen LogP contribution in [-0.4, -0.2) is 61.0 Å². The van der Waals surface area contributed by atoms with E-state index in [4.69, 9.17) is 0 Å². The molecule has 17 heavy (non-hydrogen) atoms. The second-order valence-electron chi connectivity index (χ2n) is 4.61. The van der Waals surface area contributed by atoms with Gasteiger partial charge in [0, 0.05) is 32.1 Å². The third kappa shape index (κ3) is 4.28. The number of rotatable bonds is 7. The zero-order chi connectivity index (χ0) is 12.7. The average Bonchev–Trinajstić information content (AvgIpc) is 2.80. The van der Waals surface area contributed by atoms with Gasteiger partial charge in [0.1, 0.15) is 0 Å². The van der Waals surface area contributed by atoms with Gasteiger partial charge in [0.2, 0.25) is 5.91 Å². The fraction of sp³-hybridized carbons (Fsp3) is 0.923. The number of hydrogen-bond acceptors (Lipinski definition) is 3. The summed E-state index contributed by atoms with van der Waals surface area (Å²) in [6, 6.07) is 0.577. The van der Waals surface area contributed by atoms with Crippen molar-refractivity contribution in [3.05, 3.63) is 0 Å². The van der Waals surface area contributed by atoms with Gasteiger partial charge in [0.25, 0.3) is 0 Å². The van der Waals surface area contributed by atoms with Gasteiger partial charge in [0.15, 0.2) is 0 Å². The lowest BCUT2D eigenvalue weighted by Gasteiger charge is -2.26. The van der Waals surface area contributed by atoms with Crippen LogP contribution in [0.25, 0.3) is 0 Å². The molecule has 1 unspecified atom stereocenters. The van der Waals surface area contributed by atoms with Crippen LogP contribution in [0.2, 0.25) is 0 Å². The Kier molecular flexibility index (Phi) is 6.52. The monoisotopic (exact) mass is 241 g/mol. The van der Waals surface area contributed by atoms with Gasteiger partial charge in [-0.3, -0.25) is 9.69 Å². The summed E-state index contributed by atoms with van der Waals surface area (Å²) in [5.74, 6) is 0.306. The van der Waals surface area contributed by atoms with Gasteiger partial charge >= 0.3 is 0 Å². The van der Waals surface area contributed by atoms with Crippen molar-refractivity contribution in [1.29, 1.82) is 0 Å². The first-order valence-electron chi connectivity index (χ1n) is 6.95. The fourth-order valence-electron chi connectivity index (χ4n) is 2.54. The molecule has 1 aliphatic rings. The van der Waals surface area contributed by atoms with E-state index in [-0.39, 0.29) is 0 Å². The predicted octanol–water partition coefficient (Wildman–Crippen LogP) is 0.929. The first-order valence-corrected chi connectivity index (χ1v) is 6.95. The van der Waals surface area contributed by atoms with Crippen LogP contribution in [-0.2, 0) is 4.79 Å². The summed E-state index contributed by atoms with van der Waals surface area (Å²) in [4.78, 5) is 16.4. The van der Waals surface area contributed by atoms with E-state index in [0.29, 0.717) is 18.4 Å². The molecule has 1 atom stereocenters. The molecule has 0 aromatic heterocycles. The first kappa shape index (κ1) is 14.5. The molecular weight excluding hydrogens is 214 g/mol. The van der Waals surface area contributed by atoms with Crippen LogP contribution < -0.4 is 5.32 Å². The summed E-state index contributed by atoms with van der Waals surface area (Å²) < 4.78 is 0. The second kappa shape index (κ2) is 7.67. The van der Waals surface area contributed by atoms with E-state index in [9.17, 15) is 4.79 Å². The molecule has 4 nitrogen and oxygen atoms in total. The van der Waals surface area contributed by atoms with Crippen molar-refractivity contribution < 1.29 is 4.79 Å². The minimum absolute atomic E-state index is 0.306. The van der Waals surface area contributed by atoms with Gasteiger partial charge in [-0.15, -0.1) is 0 Å². The number of likely N-dealkylation sites (tertiary alicyclic amines) is 1. The van der Waals surface area contributed by atoms with Crippen LogP contribution in [0.15, 0.2) is 0 Å². The maximum absolute atomic E-state index is 11.9. The van der Waals surface area contributed by atoms with Crippen molar-refractivity contribution in [3.8, 4) is 0 Å². The van der Waals surface area contributed by atoms with Crippen molar-refractivity contribution in [2.75, 3.05) is 39.3 Å². The average molecular weight is 241 g/mol. The molecule has 0 spiro atoms. The molecule has 0 aliphatic carbocycles. The van der Waals surface area contributed by atoms with E-state index in [1.807, 2.05) is 4.90 Å². The molecule has 0 radical (unpaired) electrons. The van der Waals surface area contributed by atoms with Crippen molar-refractivity contribution in [2.45, 2.75) is 39.7 Å². The molecular formula is C13H27N3O. The summed E-state index contributed by atoms with van der Waals surface area (Å²) in [5.41, 5.74) is 0. The number of nitrogens with zero attached hydrogens (tertiary/aromatic N) is 2. The molecule has 1 saturated heterocycles. The molecule has 0 bridgehead atoms. The third-order valence-electron chi connectivity index (χ3n) is 3.61. The van der Waals surface area contributed by atoms with E-state index < -0.39 is 0 Å². The minimum atomic E-state index is 0.306. The Morgan fingerprint density at radius 2 is 2.06 bits per heavy atom. The van der Waals surface area contributed by atoms with Gasteiger partial charge < -0.3 is 10.2 Å². The molecule has 1 fully saturated rings. The highest BCUT2D eigenvalue weighted by atomic mass is 16.2. The molecule has 1 rings (SSSR count). The molecule has 0 aromatic carbocycles. The number of nitrogens with one attached hydrogen (secondary N) is 1. The summed E-state index contributed by atoms with van der Waals surface area (Å²) in [6.45, 7) is 12.2. The Labute approximate surface area is 105 Å². The fourth-order valence-corrected chi connectivity index (χ4v) is 2.54. The van der Waals surface area contributed by atoms with Crippen molar-refractivity contribution in [3.63, 3.8) is 0 Å². The SMILES string of the molecule is CCNCCC(=O)N1CCC(N(CC)CC)C1. The number of hydrogen-bond donors (Lipinski definition) is 1. The van der Waals surface area contributed by atoms with Gasteiger partial charge in [-0.2, -0.15) is 0 Å². The van der Waals surface area contributed by atoms with E-state index in [0.717, 1.165) is 45.7 Å². The maximum atomic E-state index is 11.9. The largest absolute Gasteiger partial charge is 0.341 e. The van der Waals surface area contributed by atoms with Gasteiger partial charge in [-0.05, 0) is 26.1 Å². The Morgan fingerprint density at radius 1 is 1.35 bits per heavy atom. The quantitative estimate of drug-likeness (QED) is 0.674. The summed E-state index contributed by atoms with van der Waals surface area (Å²) >= 11 is 0. The van der Waals surface area contributed by atoms with Gasteiger partial charge in [0.05, 0.1) is 0 Å². The molecule has 0 saturated carbocycles. The lowest BCUT2D eigenvalue weighted by Crippen LogP contribution is -2.39. The number of carbonyl (C=O) groups excluding carboxylic acids is 1. The standard InChI is InChI=1S/C13H27N3O/c1-4-14-9-7-13(17)16-10-8-12(11-16)15(5-2)6-3/h12,14H,4-11H2,1-3H3. The Morgan fingerprint density at radius 3 is 2.65 bits per heavy atom. The van der Waals surface area contributed by atoms with E-state index in [2.05, 4.69) is 31.0 Å². The topological polar surface area (TPSA) is 35.6 Å². The molecule has 0 aromatic rings. The van der Waals surface area contributed by atoms with E-state index >= 15 is 0 Å². The van der Waals surface area contributed by atoms with Crippen LogP contribution in [0.5, 0.6) is 0 Å². The summed E-state index contributed by atoms with van der Waals surface area (Å²) in [7, 11) is 0. The summed E-state index contributed by atoms with van der Waals surface area (Å²) in [5, 5.41) is 3.20. The highest BCUT2D eigenvalue weighted by molar-refractivity contribution is 5.76. The number of carbonyl (C=O) groups is 1. The number of amides is 1. The van der Waals surface area contributed by atoms with Gasteiger partial charge in [-0.1, -0.05) is 20.8 Å². The van der Waals surface area contributed by atoms with E-state index in [1.165, 1.54) is 0 Å². The highest BCUT2D eigenvalue weighted by Crippen LogP contribution is 2.15. The third-order valence-corrected chi connectivity index (χ3v) is 3.61. The van der Waals surface area contributed by atoms with E-state index in [1.54, 1.807) is 0 Å². The number of likely N-dealkylation sites (N-methyl/N-ethyl adjacent to an activating group) is 1. The predicted molar refractivity (Wildman–Crippen MR) is 71.1 cm³/mol. The lowest BCUT2D eigenvalue weighted by atomic mass is 10.2. The zero-order valence-electron chi connectivity index (χ0n) is 11.5. The molecule has 1 N–H and O–H groups in total. The molecule has 1 aliphatic heterocycles. The Bertz CT molecular complexity index is 229.